The normalized spacial score (nSPS) is 9.13. The van der Waals surface area contributed by atoms with Gasteiger partial charge in [-0.2, -0.15) is 5.26 Å². The number of nitrogens with one attached hydrogen (secondary N) is 1. The second-order valence-corrected chi connectivity index (χ2v) is 2.51. The zero-order valence-corrected chi connectivity index (χ0v) is 7.95. The molecular formula is C9H8FN3O2. The third-order valence-electron chi connectivity index (χ3n) is 1.47. The summed E-state index contributed by atoms with van der Waals surface area (Å²) in [6.07, 6.45) is 0.488. The standard InChI is InChI=1S/C9H8FN3O2/c1-2-15-9(14)13-6-3-7(10)8(4-11)12-5-6/h3,5H,2H2,1H3,(H,13,14). The molecular weight excluding hydrogens is 201 g/mol. The fourth-order valence-corrected chi connectivity index (χ4v) is 0.874. The van der Waals surface area contributed by atoms with Crippen LogP contribution in [0.15, 0.2) is 12.3 Å². The van der Waals surface area contributed by atoms with Crippen molar-refractivity contribution in [3.63, 3.8) is 0 Å². The Morgan fingerprint density at radius 1 is 1.80 bits per heavy atom. The highest BCUT2D eigenvalue weighted by Crippen LogP contribution is 2.10. The van der Waals surface area contributed by atoms with E-state index in [2.05, 4.69) is 15.0 Å². The number of rotatable bonds is 2. The molecule has 78 valence electrons. The smallest absolute Gasteiger partial charge is 0.411 e. The molecule has 0 atom stereocenters. The first-order valence-corrected chi connectivity index (χ1v) is 4.16. The zero-order chi connectivity index (χ0) is 11.3. The van der Waals surface area contributed by atoms with Crippen molar-refractivity contribution >= 4 is 11.8 Å². The molecule has 0 unspecified atom stereocenters. The molecule has 0 saturated carbocycles. The van der Waals surface area contributed by atoms with Crippen molar-refractivity contribution in [1.82, 2.24) is 4.98 Å². The SMILES string of the molecule is CCOC(=O)Nc1cnc(C#N)c(F)c1. The van der Waals surface area contributed by atoms with Crippen LogP contribution >= 0.6 is 0 Å². The summed E-state index contributed by atoms with van der Waals surface area (Å²) in [6.45, 7) is 1.87. The minimum atomic E-state index is -0.785. The van der Waals surface area contributed by atoms with Crippen molar-refractivity contribution < 1.29 is 13.9 Å². The minimum absolute atomic E-state index is 0.143. The topological polar surface area (TPSA) is 75.0 Å². The van der Waals surface area contributed by atoms with Crippen molar-refractivity contribution in [3.05, 3.63) is 23.8 Å². The highest BCUT2D eigenvalue weighted by molar-refractivity contribution is 5.84. The summed E-state index contributed by atoms with van der Waals surface area (Å²) in [5, 5.41) is 10.7. The van der Waals surface area contributed by atoms with Gasteiger partial charge in [0.1, 0.15) is 6.07 Å². The lowest BCUT2D eigenvalue weighted by Crippen LogP contribution is -2.13. The Hall–Kier alpha value is -2.16. The molecule has 1 amide bonds. The highest BCUT2D eigenvalue weighted by atomic mass is 19.1. The number of nitriles is 1. The van der Waals surface area contributed by atoms with Gasteiger partial charge in [-0.25, -0.2) is 14.2 Å². The van der Waals surface area contributed by atoms with E-state index in [0.29, 0.717) is 0 Å². The van der Waals surface area contributed by atoms with E-state index in [1.807, 2.05) is 0 Å². The van der Waals surface area contributed by atoms with Crippen LogP contribution in [0, 0.1) is 17.1 Å². The van der Waals surface area contributed by atoms with Gasteiger partial charge in [-0.3, -0.25) is 5.32 Å². The van der Waals surface area contributed by atoms with Crippen molar-refractivity contribution in [2.24, 2.45) is 0 Å². The summed E-state index contributed by atoms with van der Waals surface area (Å²) in [6, 6.07) is 2.57. The van der Waals surface area contributed by atoms with Gasteiger partial charge >= 0.3 is 6.09 Å². The highest BCUT2D eigenvalue weighted by Gasteiger charge is 2.07. The van der Waals surface area contributed by atoms with Gasteiger partial charge in [-0.1, -0.05) is 0 Å². The van der Waals surface area contributed by atoms with Crippen molar-refractivity contribution in [3.8, 4) is 6.07 Å². The van der Waals surface area contributed by atoms with Crippen LogP contribution in [-0.4, -0.2) is 17.7 Å². The number of aromatic nitrogens is 1. The maximum absolute atomic E-state index is 13.0. The van der Waals surface area contributed by atoms with E-state index in [1.165, 1.54) is 6.20 Å². The molecule has 15 heavy (non-hydrogen) atoms. The number of nitrogens with zero attached hydrogens (tertiary/aromatic N) is 2. The molecule has 5 nitrogen and oxygen atoms in total. The van der Waals surface area contributed by atoms with Crippen molar-refractivity contribution in [2.45, 2.75) is 6.92 Å². The van der Waals surface area contributed by atoms with E-state index in [9.17, 15) is 9.18 Å². The summed E-state index contributed by atoms with van der Waals surface area (Å²) < 4.78 is 17.6. The predicted octanol–water partition coefficient (Wildman–Crippen LogP) is 1.66. The first kappa shape index (κ1) is 10.9. The third kappa shape index (κ3) is 2.91. The van der Waals surface area contributed by atoms with E-state index in [4.69, 9.17) is 5.26 Å². The number of amides is 1. The Bertz CT molecular complexity index is 414. The van der Waals surface area contributed by atoms with Gasteiger partial charge in [0.2, 0.25) is 0 Å². The lowest BCUT2D eigenvalue weighted by atomic mass is 10.3. The van der Waals surface area contributed by atoms with E-state index < -0.39 is 11.9 Å². The molecule has 0 fully saturated rings. The predicted molar refractivity (Wildman–Crippen MR) is 49.6 cm³/mol. The number of carbonyl (C=O) groups is 1. The average molecular weight is 209 g/mol. The van der Waals surface area contributed by atoms with Gasteiger partial charge in [0.25, 0.3) is 0 Å². The van der Waals surface area contributed by atoms with Crippen molar-refractivity contribution in [1.29, 1.82) is 5.26 Å². The molecule has 0 aliphatic carbocycles. The van der Waals surface area contributed by atoms with Gasteiger partial charge in [0.15, 0.2) is 11.5 Å². The molecule has 1 N–H and O–H groups in total. The number of hydrogen-bond donors (Lipinski definition) is 1. The Balaban J connectivity index is 2.76. The van der Waals surface area contributed by atoms with Gasteiger partial charge in [-0.05, 0) is 6.92 Å². The molecule has 0 bridgehead atoms. The molecule has 1 rings (SSSR count). The van der Waals surface area contributed by atoms with E-state index in [0.717, 1.165) is 6.07 Å². The van der Waals surface area contributed by atoms with Gasteiger partial charge in [0, 0.05) is 6.07 Å². The van der Waals surface area contributed by atoms with Gasteiger partial charge in [0.05, 0.1) is 18.5 Å². The fraction of sp³-hybridized carbons (Fsp3) is 0.222. The lowest BCUT2D eigenvalue weighted by Gasteiger charge is -2.04. The first-order valence-electron chi connectivity index (χ1n) is 4.16. The molecule has 0 aliphatic heterocycles. The fourth-order valence-electron chi connectivity index (χ4n) is 0.874. The molecule has 1 aromatic rings. The zero-order valence-electron chi connectivity index (χ0n) is 7.95. The van der Waals surface area contributed by atoms with Gasteiger partial charge < -0.3 is 4.74 Å². The maximum atomic E-state index is 13.0. The Labute approximate surface area is 85.5 Å². The average Bonchev–Trinajstić information content (AvgIpc) is 2.18. The number of halogens is 1. The Kier molecular flexibility index (Phi) is 3.57. The van der Waals surface area contributed by atoms with Crippen LogP contribution in [0.4, 0.5) is 14.9 Å². The minimum Gasteiger partial charge on any atom is -0.450 e. The number of ether oxygens (including phenoxy) is 1. The summed E-state index contributed by atoms with van der Waals surface area (Å²) in [7, 11) is 0. The molecule has 1 heterocycles. The van der Waals surface area contributed by atoms with Crippen LogP contribution in [-0.2, 0) is 4.74 Å². The molecule has 0 spiro atoms. The van der Waals surface area contributed by atoms with Crippen LogP contribution in [0.25, 0.3) is 0 Å². The summed E-state index contributed by atoms with van der Waals surface area (Å²) in [5.74, 6) is -0.785. The van der Waals surface area contributed by atoms with Gasteiger partial charge in [-0.15, -0.1) is 0 Å². The summed E-state index contributed by atoms with van der Waals surface area (Å²) in [5.41, 5.74) is -0.172. The second-order valence-electron chi connectivity index (χ2n) is 2.51. The molecule has 1 aromatic heterocycles. The quantitative estimate of drug-likeness (QED) is 0.803. The largest absolute Gasteiger partial charge is 0.450 e. The van der Waals surface area contributed by atoms with Crippen LogP contribution in [0.1, 0.15) is 12.6 Å². The Morgan fingerprint density at radius 3 is 3.07 bits per heavy atom. The number of pyridine rings is 1. The van der Waals surface area contributed by atoms with E-state index in [1.54, 1.807) is 13.0 Å². The van der Waals surface area contributed by atoms with Crippen LogP contribution in [0.2, 0.25) is 0 Å². The monoisotopic (exact) mass is 209 g/mol. The molecule has 0 aromatic carbocycles. The van der Waals surface area contributed by atoms with Crippen LogP contribution in [0.3, 0.4) is 0 Å². The second kappa shape index (κ2) is 4.91. The van der Waals surface area contributed by atoms with E-state index in [-0.39, 0.29) is 18.0 Å². The molecule has 0 aliphatic rings. The maximum Gasteiger partial charge on any atom is 0.411 e. The lowest BCUT2D eigenvalue weighted by molar-refractivity contribution is 0.168. The number of hydrogen-bond acceptors (Lipinski definition) is 4. The summed E-state index contributed by atoms with van der Waals surface area (Å²) in [4.78, 5) is 14.4. The molecule has 0 saturated heterocycles. The van der Waals surface area contributed by atoms with Crippen molar-refractivity contribution in [2.75, 3.05) is 11.9 Å². The van der Waals surface area contributed by atoms with Crippen LogP contribution < -0.4 is 5.32 Å². The summed E-state index contributed by atoms with van der Waals surface area (Å²) >= 11 is 0. The third-order valence-corrected chi connectivity index (χ3v) is 1.47. The van der Waals surface area contributed by atoms with E-state index >= 15 is 0 Å². The Morgan fingerprint density at radius 2 is 2.53 bits per heavy atom. The first-order chi connectivity index (χ1) is 7.17. The molecule has 0 radical (unpaired) electrons. The number of carbonyl (C=O) groups excluding carboxylic acids is 1. The van der Waals surface area contributed by atoms with Crippen LogP contribution in [0.5, 0.6) is 0 Å². The number of anilines is 1. The molecule has 6 heteroatoms.